The van der Waals surface area contributed by atoms with Crippen molar-refractivity contribution in [1.82, 2.24) is 9.55 Å². The Bertz CT molecular complexity index is 1440. The van der Waals surface area contributed by atoms with E-state index in [4.69, 9.17) is 9.84 Å². The minimum atomic E-state index is -0.776. The Morgan fingerprint density at radius 2 is 1.64 bits per heavy atom. The third-order valence-electron chi connectivity index (χ3n) is 6.33. The van der Waals surface area contributed by atoms with E-state index >= 15 is 0 Å². The van der Waals surface area contributed by atoms with Crippen molar-refractivity contribution < 1.29 is 14.6 Å². The zero-order valence-corrected chi connectivity index (χ0v) is 20.0. The average Bonchev–Trinajstić information content (AvgIpc) is 3.29. The number of aliphatic carboxylic acids is 1. The zero-order valence-electron chi connectivity index (χ0n) is 20.0. The SMILES string of the molecule is O=C(O)CCc1ccc2c(c1)c(CCc1ccccc1)cn2-c1ccc(OCc2ccccn2)cc1. The highest BCUT2D eigenvalue weighted by Crippen LogP contribution is 2.29. The summed E-state index contributed by atoms with van der Waals surface area (Å²) in [4.78, 5) is 15.4. The van der Waals surface area contributed by atoms with Gasteiger partial charge in [0.15, 0.2) is 0 Å². The zero-order chi connectivity index (χ0) is 24.7. The topological polar surface area (TPSA) is 64.3 Å². The van der Waals surface area contributed by atoms with Crippen molar-refractivity contribution in [3.8, 4) is 11.4 Å². The molecule has 0 amide bonds. The van der Waals surface area contributed by atoms with Crippen LogP contribution in [0, 0.1) is 0 Å². The number of carboxylic acids is 1. The van der Waals surface area contributed by atoms with Crippen molar-refractivity contribution in [2.45, 2.75) is 32.3 Å². The van der Waals surface area contributed by atoms with Gasteiger partial charge in [-0.15, -0.1) is 0 Å². The van der Waals surface area contributed by atoms with Crippen LogP contribution < -0.4 is 4.74 Å². The summed E-state index contributed by atoms with van der Waals surface area (Å²) in [6.45, 7) is 0.426. The van der Waals surface area contributed by atoms with Gasteiger partial charge in [-0.3, -0.25) is 9.78 Å². The van der Waals surface area contributed by atoms with E-state index in [0.717, 1.165) is 41.1 Å². The quantitative estimate of drug-likeness (QED) is 0.253. The van der Waals surface area contributed by atoms with Gasteiger partial charge in [-0.25, -0.2) is 0 Å². The van der Waals surface area contributed by atoms with Crippen LogP contribution in [0.1, 0.15) is 28.8 Å². The van der Waals surface area contributed by atoms with Gasteiger partial charge in [-0.2, -0.15) is 0 Å². The second-order valence-corrected chi connectivity index (χ2v) is 8.86. The summed E-state index contributed by atoms with van der Waals surface area (Å²) in [5.74, 6) is 0.0171. The predicted octanol–water partition coefficient (Wildman–Crippen LogP) is 6.41. The molecule has 2 aromatic heterocycles. The molecule has 0 fully saturated rings. The van der Waals surface area contributed by atoms with Gasteiger partial charge < -0.3 is 14.4 Å². The Morgan fingerprint density at radius 3 is 2.39 bits per heavy atom. The lowest BCUT2D eigenvalue weighted by Crippen LogP contribution is -1.98. The van der Waals surface area contributed by atoms with Crippen molar-refractivity contribution in [2.24, 2.45) is 0 Å². The van der Waals surface area contributed by atoms with Crippen molar-refractivity contribution in [3.05, 3.63) is 126 Å². The van der Waals surface area contributed by atoms with Crippen LogP contribution in [-0.2, 0) is 30.7 Å². The van der Waals surface area contributed by atoms with Gasteiger partial charge in [0.25, 0.3) is 0 Å². The number of fused-ring (bicyclic) bond motifs is 1. The Kier molecular flexibility index (Phi) is 7.08. The molecule has 0 aliphatic heterocycles. The highest BCUT2D eigenvalue weighted by Gasteiger charge is 2.12. The van der Waals surface area contributed by atoms with Crippen molar-refractivity contribution in [3.63, 3.8) is 0 Å². The molecule has 0 unspecified atom stereocenters. The number of benzene rings is 3. The molecular weight excluding hydrogens is 448 g/mol. The molecule has 0 aliphatic rings. The Labute approximate surface area is 210 Å². The largest absolute Gasteiger partial charge is 0.487 e. The van der Waals surface area contributed by atoms with Crippen molar-refractivity contribution in [2.75, 3.05) is 0 Å². The molecule has 180 valence electrons. The number of nitrogens with zero attached hydrogens (tertiary/aromatic N) is 2. The molecule has 5 rings (SSSR count). The number of carbonyl (C=O) groups is 1. The molecule has 0 saturated carbocycles. The molecule has 0 aliphatic carbocycles. The van der Waals surface area contributed by atoms with Crippen molar-refractivity contribution in [1.29, 1.82) is 0 Å². The Balaban J connectivity index is 1.41. The van der Waals surface area contributed by atoms with Crippen LogP contribution in [0.2, 0.25) is 0 Å². The predicted molar refractivity (Wildman–Crippen MR) is 142 cm³/mol. The molecule has 0 atom stereocenters. The lowest BCUT2D eigenvalue weighted by molar-refractivity contribution is -0.136. The molecule has 0 spiro atoms. The molecule has 0 radical (unpaired) electrons. The number of ether oxygens (including phenoxy) is 1. The molecule has 0 bridgehead atoms. The molecule has 2 heterocycles. The average molecular weight is 477 g/mol. The van der Waals surface area contributed by atoms with Crippen molar-refractivity contribution >= 4 is 16.9 Å². The lowest BCUT2D eigenvalue weighted by atomic mass is 10.0. The normalized spacial score (nSPS) is 11.0. The lowest BCUT2D eigenvalue weighted by Gasteiger charge is -2.09. The van der Waals surface area contributed by atoms with Crippen LogP contribution >= 0.6 is 0 Å². The summed E-state index contributed by atoms with van der Waals surface area (Å²) in [6, 6.07) is 30.6. The maximum atomic E-state index is 11.1. The first-order chi connectivity index (χ1) is 17.7. The number of rotatable bonds is 10. The molecular formula is C31H28N2O3. The van der Waals surface area contributed by atoms with E-state index in [0.29, 0.717) is 13.0 Å². The third kappa shape index (κ3) is 5.63. The van der Waals surface area contributed by atoms with Gasteiger partial charge in [0, 0.05) is 29.9 Å². The Morgan fingerprint density at radius 1 is 0.833 bits per heavy atom. The van der Waals surface area contributed by atoms with Gasteiger partial charge in [0.1, 0.15) is 12.4 Å². The fourth-order valence-electron chi connectivity index (χ4n) is 4.43. The molecule has 5 nitrogen and oxygen atoms in total. The first-order valence-corrected chi connectivity index (χ1v) is 12.2. The van der Waals surface area contributed by atoms with E-state index in [2.05, 4.69) is 64.3 Å². The summed E-state index contributed by atoms with van der Waals surface area (Å²) in [6.07, 6.45) is 6.48. The first-order valence-electron chi connectivity index (χ1n) is 12.2. The third-order valence-corrected chi connectivity index (χ3v) is 6.33. The standard InChI is InChI=1S/C31H28N2O3/c34-31(35)18-11-24-10-17-30-29(20-24)25(12-9-23-6-2-1-3-7-23)21-33(30)27-13-15-28(16-14-27)36-22-26-8-4-5-19-32-26/h1-8,10,13-17,19-21H,9,11-12,18,22H2,(H,34,35). The van der Waals surface area contributed by atoms with Crippen LogP contribution in [0.5, 0.6) is 5.75 Å². The van der Waals surface area contributed by atoms with E-state index in [9.17, 15) is 4.79 Å². The molecule has 5 aromatic rings. The maximum Gasteiger partial charge on any atom is 0.303 e. The molecule has 5 heteroatoms. The number of aromatic nitrogens is 2. The maximum absolute atomic E-state index is 11.1. The van der Waals surface area contributed by atoms with E-state index in [-0.39, 0.29) is 6.42 Å². The fourth-order valence-corrected chi connectivity index (χ4v) is 4.43. The molecule has 3 aromatic carbocycles. The van der Waals surface area contributed by atoms with Crippen LogP contribution in [-0.4, -0.2) is 20.6 Å². The monoisotopic (exact) mass is 476 g/mol. The van der Waals surface area contributed by atoms with Crippen LogP contribution in [0.3, 0.4) is 0 Å². The van der Waals surface area contributed by atoms with Crippen LogP contribution in [0.15, 0.2) is 103 Å². The highest BCUT2D eigenvalue weighted by atomic mass is 16.5. The minimum Gasteiger partial charge on any atom is -0.487 e. The van der Waals surface area contributed by atoms with E-state index in [1.807, 2.05) is 42.5 Å². The summed E-state index contributed by atoms with van der Waals surface area (Å²) in [5, 5.41) is 10.3. The second-order valence-electron chi connectivity index (χ2n) is 8.86. The van der Waals surface area contributed by atoms with Gasteiger partial charge in [0.05, 0.1) is 11.2 Å². The van der Waals surface area contributed by atoms with E-state index < -0.39 is 5.97 Å². The summed E-state index contributed by atoms with van der Waals surface area (Å²) < 4.78 is 8.11. The first kappa shape index (κ1) is 23.4. The molecule has 36 heavy (non-hydrogen) atoms. The number of hydrogen-bond acceptors (Lipinski definition) is 3. The van der Waals surface area contributed by atoms with Crippen LogP contribution in [0.25, 0.3) is 16.6 Å². The highest BCUT2D eigenvalue weighted by molar-refractivity contribution is 5.86. The van der Waals surface area contributed by atoms with E-state index in [1.54, 1.807) is 6.20 Å². The number of pyridine rings is 1. The van der Waals surface area contributed by atoms with Gasteiger partial charge >= 0.3 is 5.97 Å². The van der Waals surface area contributed by atoms with Gasteiger partial charge in [0.2, 0.25) is 0 Å². The second kappa shape index (κ2) is 10.9. The molecule has 1 N–H and O–H groups in total. The van der Waals surface area contributed by atoms with E-state index in [1.165, 1.54) is 16.5 Å². The summed E-state index contributed by atoms with van der Waals surface area (Å²) >= 11 is 0. The van der Waals surface area contributed by atoms with Gasteiger partial charge in [-0.1, -0.05) is 42.5 Å². The smallest absolute Gasteiger partial charge is 0.303 e. The number of carboxylic acid groups (broad SMARTS) is 1. The van der Waals surface area contributed by atoms with Gasteiger partial charge in [-0.05, 0) is 84.5 Å². The fraction of sp³-hybridized carbons (Fsp3) is 0.161. The molecule has 0 saturated heterocycles. The number of aryl methyl sites for hydroxylation is 3. The summed E-state index contributed by atoms with van der Waals surface area (Å²) in [7, 11) is 0. The summed E-state index contributed by atoms with van der Waals surface area (Å²) in [5.41, 5.74) is 6.65. The number of hydrogen-bond donors (Lipinski definition) is 1. The minimum absolute atomic E-state index is 0.130. The van der Waals surface area contributed by atoms with Crippen LogP contribution in [0.4, 0.5) is 0 Å². The Hall–Kier alpha value is -4.38.